The van der Waals surface area contributed by atoms with E-state index in [-0.39, 0.29) is 34.1 Å². The van der Waals surface area contributed by atoms with Gasteiger partial charge in [-0.25, -0.2) is 22.9 Å². The van der Waals surface area contributed by atoms with Crippen molar-refractivity contribution < 1.29 is 18.3 Å². The van der Waals surface area contributed by atoms with Gasteiger partial charge in [-0.1, -0.05) is 26.0 Å². The molecule has 184 valence electrons. The molecule has 0 aliphatic carbocycles. The van der Waals surface area contributed by atoms with E-state index in [1.165, 1.54) is 16.8 Å². The fraction of sp³-hybridized carbons (Fsp3) is 0.318. The molecule has 0 unspecified atom stereocenters. The molecule has 1 aromatic carbocycles. The highest BCUT2D eigenvalue weighted by Gasteiger charge is 2.23. The minimum Gasteiger partial charge on any atom is -0.478 e. The van der Waals surface area contributed by atoms with Gasteiger partial charge in [-0.3, -0.25) is 9.78 Å². The first-order valence-electron chi connectivity index (χ1n) is 11.1. The Balaban J connectivity index is 1.59. The summed E-state index contributed by atoms with van der Waals surface area (Å²) in [5.41, 5.74) is 0.667. The van der Waals surface area contributed by atoms with E-state index in [0.29, 0.717) is 13.1 Å². The number of rotatable bonds is 10. The molecule has 0 aliphatic rings. The molecule has 0 saturated heterocycles. The number of imidazole rings is 1. The Bertz CT molecular complexity index is 1510. The van der Waals surface area contributed by atoms with Crippen LogP contribution in [0, 0.1) is 0 Å². The van der Waals surface area contributed by atoms with Crippen LogP contribution in [0.1, 0.15) is 42.6 Å². The highest BCUT2D eigenvalue weighted by Crippen LogP contribution is 2.18. The van der Waals surface area contributed by atoms with Crippen molar-refractivity contribution >= 4 is 27.2 Å². The first-order valence-corrected chi connectivity index (χ1v) is 12.5. The molecular formula is C22H25N7O5S. The molecule has 3 aromatic heterocycles. The molecule has 3 heterocycles. The van der Waals surface area contributed by atoms with Crippen molar-refractivity contribution in [1.29, 1.82) is 0 Å². The number of carboxylic acid groups (broad SMARTS) is 1. The van der Waals surface area contributed by atoms with Crippen molar-refractivity contribution in [1.82, 2.24) is 33.6 Å². The van der Waals surface area contributed by atoms with E-state index >= 15 is 0 Å². The molecule has 0 saturated carbocycles. The summed E-state index contributed by atoms with van der Waals surface area (Å²) in [6.07, 6.45) is 5.32. The highest BCUT2D eigenvalue weighted by atomic mass is 32.2. The number of sulfonamides is 1. The molecule has 35 heavy (non-hydrogen) atoms. The number of hydrogen-bond acceptors (Lipinski definition) is 7. The highest BCUT2D eigenvalue weighted by molar-refractivity contribution is 7.89. The smallest absolute Gasteiger partial charge is 0.338 e. The van der Waals surface area contributed by atoms with Crippen molar-refractivity contribution in [2.24, 2.45) is 0 Å². The summed E-state index contributed by atoms with van der Waals surface area (Å²) in [5.74, 6) is -1.11. The Hall–Kier alpha value is -3.84. The van der Waals surface area contributed by atoms with E-state index in [1.807, 2.05) is 13.8 Å². The summed E-state index contributed by atoms with van der Waals surface area (Å²) in [6.45, 7) is 5.09. The Morgan fingerprint density at radius 2 is 1.83 bits per heavy atom. The SMILES string of the molecule is CCCN(CCC)S(=O)(=O)c1ccc(Cn2cnc3nc(-n4cc(C(=O)O)cn4)[nH]c(=O)c32)cc1. The molecule has 0 spiro atoms. The quantitative estimate of drug-likeness (QED) is 0.335. The lowest BCUT2D eigenvalue weighted by Crippen LogP contribution is -2.32. The Kier molecular flexibility index (Phi) is 6.80. The van der Waals surface area contributed by atoms with Gasteiger partial charge in [0.15, 0.2) is 11.2 Å². The maximum absolute atomic E-state index is 13.0. The van der Waals surface area contributed by atoms with Gasteiger partial charge >= 0.3 is 5.97 Å². The van der Waals surface area contributed by atoms with Gasteiger partial charge in [-0.2, -0.15) is 14.4 Å². The van der Waals surface area contributed by atoms with Gasteiger partial charge in [0, 0.05) is 25.8 Å². The Labute approximate surface area is 200 Å². The number of aromatic carboxylic acids is 1. The second-order valence-electron chi connectivity index (χ2n) is 7.96. The summed E-state index contributed by atoms with van der Waals surface area (Å²) in [5, 5.41) is 13.0. The van der Waals surface area contributed by atoms with Crippen LogP contribution < -0.4 is 5.56 Å². The molecule has 0 fully saturated rings. The van der Waals surface area contributed by atoms with E-state index < -0.39 is 21.6 Å². The third kappa shape index (κ3) is 4.86. The zero-order valence-corrected chi connectivity index (χ0v) is 20.1. The molecule has 0 radical (unpaired) electrons. The number of carbonyl (C=O) groups is 1. The average molecular weight is 500 g/mol. The summed E-state index contributed by atoms with van der Waals surface area (Å²) < 4.78 is 30.2. The largest absolute Gasteiger partial charge is 0.478 e. The number of aromatic amines is 1. The minimum absolute atomic E-state index is 0.0403. The first kappa shape index (κ1) is 24.3. The molecule has 4 rings (SSSR count). The maximum atomic E-state index is 13.0. The van der Waals surface area contributed by atoms with Gasteiger partial charge in [0.05, 0.1) is 23.0 Å². The second-order valence-corrected chi connectivity index (χ2v) is 9.90. The van der Waals surface area contributed by atoms with E-state index in [0.717, 1.165) is 29.3 Å². The zero-order valence-electron chi connectivity index (χ0n) is 19.2. The van der Waals surface area contributed by atoms with Gasteiger partial charge in [0.2, 0.25) is 16.0 Å². The van der Waals surface area contributed by atoms with Gasteiger partial charge in [-0.05, 0) is 30.5 Å². The second kappa shape index (κ2) is 9.80. The lowest BCUT2D eigenvalue weighted by Gasteiger charge is -2.21. The van der Waals surface area contributed by atoms with Crippen LogP contribution >= 0.6 is 0 Å². The molecule has 2 N–H and O–H groups in total. The Morgan fingerprint density at radius 1 is 1.14 bits per heavy atom. The molecule has 0 atom stereocenters. The molecule has 13 heteroatoms. The predicted octanol–water partition coefficient (Wildman–Crippen LogP) is 1.86. The Morgan fingerprint density at radius 3 is 2.43 bits per heavy atom. The lowest BCUT2D eigenvalue weighted by atomic mass is 10.2. The summed E-state index contributed by atoms with van der Waals surface area (Å²) in [7, 11) is -3.58. The van der Waals surface area contributed by atoms with E-state index in [9.17, 15) is 18.0 Å². The molecular weight excluding hydrogens is 474 g/mol. The molecule has 4 aromatic rings. The van der Waals surface area contributed by atoms with Crippen LogP contribution in [-0.4, -0.2) is 66.2 Å². The number of aromatic nitrogens is 6. The lowest BCUT2D eigenvalue weighted by molar-refractivity contribution is 0.0697. The molecule has 12 nitrogen and oxygen atoms in total. The van der Waals surface area contributed by atoms with E-state index in [4.69, 9.17) is 5.11 Å². The third-order valence-corrected chi connectivity index (χ3v) is 7.29. The number of nitrogens with one attached hydrogen (secondary N) is 1. The normalized spacial score (nSPS) is 12.0. The number of nitrogens with zero attached hydrogens (tertiary/aromatic N) is 6. The van der Waals surface area contributed by atoms with Crippen molar-refractivity contribution in [2.45, 2.75) is 38.1 Å². The number of carboxylic acids is 1. The molecule has 0 aliphatic heterocycles. The van der Waals surface area contributed by atoms with Crippen LogP contribution in [0.2, 0.25) is 0 Å². The first-order chi connectivity index (χ1) is 16.7. The van der Waals surface area contributed by atoms with E-state index in [1.54, 1.807) is 28.8 Å². The summed E-state index contributed by atoms with van der Waals surface area (Å²) >= 11 is 0. The fourth-order valence-corrected chi connectivity index (χ4v) is 5.34. The van der Waals surface area contributed by atoms with Gasteiger partial charge in [0.25, 0.3) is 5.56 Å². The van der Waals surface area contributed by atoms with Crippen LogP contribution in [0.4, 0.5) is 0 Å². The molecule has 0 bridgehead atoms. The predicted molar refractivity (Wildman–Crippen MR) is 127 cm³/mol. The topological polar surface area (TPSA) is 156 Å². The minimum atomic E-state index is -3.58. The van der Waals surface area contributed by atoms with E-state index in [2.05, 4.69) is 20.1 Å². The summed E-state index contributed by atoms with van der Waals surface area (Å²) in [6, 6.07) is 6.56. The zero-order chi connectivity index (χ0) is 25.2. The van der Waals surface area contributed by atoms with Crippen molar-refractivity contribution in [3.63, 3.8) is 0 Å². The number of fused-ring (bicyclic) bond motifs is 1. The van der Waals surface area contributed by atoms with Crippen molar-refractivity contribution in [2.75, 3.05) is 13.1 Å². The van der Waals surface area contributed by atoms with Gasteiger partial charge in [-0.15, -0.1) is 0 Å². The van der Waals surface area contributed by atoms with Gasteiger partial charge < -0.3 is 9.67 Å². The summed E-state index contributed by atoms with van der Waals surface area (Å²) in [4.78, 5) is 35.1. The maximum Gasteiger partial charge on any atom is 0.338 e. The standard InChI is InChI=1S/C22H25N7O5S/c1-3-9-28(10-4-2)35(33,34)17-7-5-15(6-8-17)12-27-14-23-19-18(27)20(30)26-22(25-19)29-13-16(11-24-29)21(31)32/h5-8,11,13-14H,3-4,9-10,12H2,1-2H3,(H,31,32)(H,25,26,30). The third-order valence-electron chi connectivity index (χ3n) is 5.38. The average Bonchev–Trinajstić information content (AvgIpc) is 3.47. The van der Waals surface area contributed by atoms with Crippen LogP contribution in [0.25, 0.3) is 17.1 Å². The van der Waals surface area contributed by atoms with Crippen LogP contribution in [0.3, 0.4) is 0 Å². The fourth-order valence-electron chi connectivity index (χ4n) is 3.72. The van der Waals surface area contributed by atoms with Crippen molar-refractivity contribution in [3.8, 4) is 5.95 Å². The molecule has 0 amide bonds. The van der Waals surface area contributed by atoms with Crippen LogP contribution in [0.15, 0.2) is 52.7 Å². The van der Waals surface area contributed by atoms with Crippen LogP contribution in [0.5, 0.6) is 0 Å². The number of H-pyrrole nitrogens is 1. The number of benzene rings is 1. The number of hydrogen-bond donors (Lipinski definition) is 2. The van der Waals surface area contributed by atoms with Crippen molar-refractivity contribution in [3.05, 3.63) is 64.5 Å². The van der Waals surface area contributed by atoms with Crippen LogP contribution in [-0.2, 0) is 16.6 Å². The monoisotopic (exact) mass is 499 g/mol. The van der Waals surface area contributed by atoms with Gasteiger partial charge in [0.1, 0.15) is 0 Å².